The number of aromatic nitrogens is 2. The fourth-order valence-electron chi connectivity index (χ4n) is 4.85. The highest BCUT2D eigenvalue weighted by Crippen LogP contribution is 2.32. The number of nitrogens with two attached hydrogens (primary N) is 1. The van der Waals surface area contributed by atoms with Gasteiger partial charge in [0.05, 0.1) is 11.6 Å². The van der Waals surface area contributed by atoms with Crippen molar-refractivity contribution >= 4 is 34.5 Å². The average molecular weight is 477 g/mol. The maximum absolute atomic E-state index is 10.8. The van der Waals surface area contributed by atoms with Gasteiger partial charge in [0.1, 0.15) is 12.0 Å². The van der Waals surface area contributed by atoms with Gasteiger partial charge in [-0.3, -0.25) is 4.90 Å². The molecule has 1 aromatic heterocycles. The van der Waals surface area contributed by atoms with Crippen LogP contribution in [0.4, 0.5) is 17.3 Å². The lowest BCUT2D eigenvalue weighted by atomic mass is 9.99. The first kappa shape index (κ1) is 24.9. The molecule has 4 N–H and O–H groups in total. The van der Waals surface area contributed by atoms with E-state index in [4.69, 9.17) is 10.7 Å². The number of anilines is 3. The van der Waals surface area contributed by atoms with Crippen LogP contribution in [0.2, 0.25) is 0 Å². The first-order valence-corrected chi connectivity index (χ1v) is 12.4. The van der Waals surface area contributed by atoms with Gasteiger partial charge in [-0.2, -0.15) is 0 Å². The van der Waals surface area contributed by atoms with E-state index in [2.05, 4.69) is 39.2 Å². The number of hydrogen-bond acceptors (Lipinski definition) is 8. The molecule has 2 unspecified atom stereocenters. The summed E-state index contributed by atoms with van der Waals surface area (Å²) in [6, 6.07) is 11.5. The quantitative estimate of drug-likeness (QED) is 0.400. The van der Waals surface area contributed by atoms with Crippen LogP contribution in [-0.4, -0.2) is 65.0 Å². The highest BCUT2D eigenvalue weighted by Gasteiger charge is 2.20. The molecule has 0 saturated carbocycles. The van der Waals surface area contributed by atoms with E-state index >= 15 is 0 Å². The van der Waals surface area contributed by atoms with Gasteiger partial charge in [0, 0.05) is 61.2 Å². The Morgan fingerprint density at radius 3 is 2.46 bits per heavy atom. The number of phenolic OH excluding ortho intramolecular Hbond substituents is 1. The molecule has 1 saturated heterocycles. The van der Waals surface area contributed by atoms with Crippen molar-refractivity contribution in [2.24, 2.45) is 11.7 Å². The van der Waals surface area contributed by atoms with Gasteiger partial charge < -0.3 is 25.9 Å². The number of carbonyl (C=O) groups excluding carboxylic acids is 1. The van der Waals surface area contributed by atoms with Crippen molar-refractivity contribution in [3.05, 3.63) is 48.2 Å². The van der Waals surface area contributed by atoms with Crippen molar-refractivity contribution in [1.82, 2.24) is 14.9 Å². The number of phenols is 1. The Bertz CT molecular complexity index is 1140. The van der Waals surface area contributed by atoms with E-state index in [0.29, 0.717) is 11.9 Å². The zero-order chi connectivity index (χ0) is 24.9. The lowest BCUT2D eigenvalue weighted by molar-refractivity contribution is -0.109. The summed E-state index contributed by atoms with van der Waals surface area (Å²) in [6.45, 7) is 11.2. The maximum atomic E-state index is 10.8. The standard InChI is InChI=1S/C27H36N6O2/c1-18(2)25-24(35)9-4-20-15-29-27(31-26(20)25)30-22-5-7-23(8-6-22)33-12-10-32(11-13-33)16-19(3)14-21(28)17-34/h4-9,15,17-19,21,35H,10-14,16,28H2,1-3H3,(H,29,30,31). The molecule has 35 heavy (non-hydrogen) atoms. The van der Waals surface area contributed by atoms with Gasteiger partial charge in [0.2, 0.25) is 5.95 Å². The molecular weight excluding hydrogens is 440 g/mol. The molecule has 0 aliphatic carbocycles. The van der Waals surface area contributed by atoms with E-state index in [0.717, 1.165) is 67.6 Å². The Labute approximate surface area is 207 Å². The summed E-state index contributed by atoms with van der Waals surface area (Å²) < 4.78 is 0. The topological polar surface area (TPSA) is 108 Å². The molecule has 4 rings (SSSR count). The molecule has 8 heteroatoms. The molecule has 2 aromatic carbocycles. The SMILES string of the molecule is CC(CC(N)C=O)CN1CCN(c2ccc(Nc3ncc4ccc(O)c(C(C)C)c4n3)cc2)CC1. The highest BCUT2D eigenvalue weighted by molar-refractivity contribution is 5.85. The summed E-state index contributed by atoms with van der Waals surface area (Å²) in [4.78, 5) is 24.8. The first-order chi connectivity index (χ1) is 16.8. The van der Waals surface area contributed by atoms with E-state index < -0.39 is 0 Å². The zero-order valence-electron chi connectivity index (χ0n) is 20.8. The smallest absolute Gasteiger partial charge is 0.227 e. The van der Waals surface area contributed by atoms with Gasteiger partial charge in [-0.05, 0) is 54.7 Å². The molecule has 0 bridgehead atoms. The zero-order valence-corrected chi connectivity index (χ0v) is 20.8. The van der Waals surface area contributed by atoms with Crippen LogP contribution in [0, 0.1) is 5.92 Å². The minimum Gasteiger partial charge on any atom is -0.508 e. The molecule has 1 fully saturated rings. The molecule has 186 valence electrons. The molecule has 1 aliphatic rings. The molecule has 2 atom stereocenters. The second kappa shape index (κ2) is 11.0. The van der Waals surface area contributed by atoms with Gasteiger partial charge >= 0.3 is 0 Å². The van der Waals surface area contributed by atoms with Crippen LogP contribution in [-0.2, 0) is 4.79 Å². The fraction of sp³-hybridized carbons (Fsp3) is 0.444. The number of benzene rings is 2. The van der Waals surface area contributed by atoms with E-state index in [1.54, 1.807) is 12.3 Å². The van der Waals surface area contributed by atoms with Crippen molar-refractivity contribution in [2.75, 3.05) is 42.9 Å². The molecule has 3 aromatic rings. The molecule has 1 aliphatic heterocycles. The second-order valence-corrected chi connectivity index (χ2v) is 9.88. The Morgan fingerprint density at radius 2 is 1.80 bits per heavy atom. The molecule has 2 heterocycles. The lowest BCUT2D eigenvalue weighted by Gasteiger charge is -2.37. The number of piperazine rings is 1. The third-order valence-corrected chi connectivity index (χ3v) is 6.63. The van der Waals surface area contributed by atoms with E-state index in [-0.39, 0.29) is 17.7 Å². The largest absolute Gasteiger partial charge is 0.508 e. The van der Waals surface area contributed by atoms with Gasteiger partial charge in [0.15, 0.2) is 0 Å². The predicted octanol–water partition coefficient (Wildman–Crippen LogP) is 3.88. The van der Waals surface area contributed by atoms with Crippen molar-refractivity contribution < 1.29 is 9.90 Å². The summed E-state index contributed by atoms with van der Waals surface area (Å²) in [6.07, 6.45) is 3.36. The number of nitrogens with one attached hydrogen (secondary N) is 1. The molecule has 0 spiro atoms. The maximum Gasteiger partial charge on any atom is 0.227 e. The van der Waals surface area contributed by atoms with Gasteiger partial charge in [-0.1, -0.05) is 20.8 Å². The van der Waals surface area contributed by atoms with Crippen LogP contribution in [0.15, 0.2) is 42.6 Å². The number of aromatic hydroxyl groups is 1. The number of aldehydes is 1. The van der Waals surface area contributed by atoms with Crippen molar-refractivity contribution in [1.29, 1.82) is 0 Å². The summed E-state index contributed by atoms with van der Waals surface area (Å²) in [7, 11) is 0. The number of hydrogen-bond donors (Lipinski definition) is 3. The van der Waals surface area contributed by atoms with Crippen molar-refractivity contribution in [3.63, 3.8) is 0 Å². The number of fused-ring (bicyclic) bond motifs is 1. The van der Waals surface area contributed by atoms with Crippen LogP contribution >= 0.6 is 0 Å². The summed E-state index contributed by atoms with van der Waals surface area (Å²) in [5.41, 5.74) is 9.49. The summed E-state index contributed by atoms with van der Waals surface area (Å²) >= 11 is 0. The Hall–Kier alpha value is -3.23. The van der Waals surface area contributed by atoms with Crippen LogP contribution in [0.1, 0.15) is 38.7 Å². The normalized spacial score (nSPS) is 16.4. The third-order valence-electron chi connectivity index (χ3n) is 6.63. The van der Waals surface area contributed by atoms with Crippen LogP contribution in [0.25, 0.3) is 10.9 Å². The minimum absolute atomic E-state index is 0.151. The molecule has 8 nitrogen and oxygen atoms in total. The minimum atomic E-state index is -0.358. The van der Waals surface area contributed by atoms with E-state index in [1.807, 2.05) is 32.0 Å². The van der Waals surface area contributed by atoms with Crippen LogP contribution < -0.4 is 16.0 Å². The Kier molecular flexibility index (Phi) is 7.83. The third kappa shape index (κ3) is 6.07. The number of rotatable bonds is 9. The van der Waals surface area contributed by atoms with Gasteiger partial charge in [-0.15, -0.1) is 0 Å². The number of nitrogens with zero attached hydrogens (tertiary/aromatic N) is 4. The predicted molar refractivity (Wildman–Crippen MR) is 141 cm³/mol. The van der Waals surface area contributed by atoms with Crippen LogP contribution in [0.5, 0.6) is 5.75 Å². The average Bonchev–Trinajstić information content (AvgIpc) is 2.84. The van der Waals surface area contributed by atoms with Gasteiger partial charge in [-0.25, -0.2) is 9.97 Å². The van der Waals surface area contributed by atoms with E-state index in [9.17, 15) is 9.90 Å². The second-order valence-electron chi connectivity index (χ2n) is 9.88. The summed E-state index contributed by atoms with van der Waals surface area (Å²) in [5.74, 6) is 1.33. The summed E-state index contributed by atoms with van der Waals surface area (Å²) in [5, 5.41) is 14.5. The monoisotopic (exact) mass is 476 g/mol. The van der Waals surface area contributed by atoms with Crippen molar-refractivity contribution in [2.45, 2.75) is 39.2 Å². The Balaban J connectivity index is 1.36. The van der Waals surface area contributed by atoms with E-state index in [1.165, 1.54) is 5.69 Å². The molecule has 0 amide bonds. The molecule has 0 radical (unpaired) electrons. The highest BCUT2D eigenvalue weighted by atomic mass is 16.3. The number of carbonyl (C=O) groups is 1. The fourth-order valence-corrected chi connectivity index (χ4v) is 4.85. The molecular formula is C27H36N6O2. The van der Waals surface area contributed by atoms with Gasteiger partial charge in [0.25, 0.3) is 0 Å². The first-order valence-electron chi connectivity index (χ1n) is 12.4. The lowest BCUT2D eigenvalue weighted by Crippen LogP contribution is -2.48. The van der Waals surface area contributed by atoms with Crippen LogP contribution in [0.3, 0.4) is 0 Å². The van der Waals surface area contributed by atoms with Crippen molar-refractivity contribution in [3.8, 4) is 5.75 Å². The Morgan fingerprint density at radius 1 is 1.09 bits per heavy atom.